The molecule has 1 N–H and O–H groups in total. The van der Waals surface area contributed by atoms with Gasteiger partial charge in [-0.2, -0.15) is 0 Å². The van der Waals surface area contributed by atoms with Crippen molar-refractivity contribution in [3.63, 3.8) is 0 Å². The molecule has 58 valence electrons. The molecule has 0 aliphatic carbocycles. The molecule has 4 nitrogen and oxygen atoms in total. The molecule has 0 aromatic heterocycles. The summed E-state index contributed by atoms with van der Waals surface area (Å²) in [5.41, 5.74) is 0. The van der Waals surface area contributed by atoms with E-state index in [0.717, 1.165) is 0 Å². The molecule has 0 atom stereocenters. The van der Waals surface area contributed by atoms with Crippen molar-refractivity contribution < 1.29 is 13.3 Å². The highest BCUT2D eigenvalue weighted by Gasteiger charge is 2.26. The Morgan fingerprint density at radius 3 is 2.73 bits per heavy atom. The van der Waals surface area contributed by atoms with Crippen LogP contribution in [0.4, 0.5) is 0 Å². The zero-order valence-electron chi connectivity index (χ0n) is 5.44. The maximum atomic E-state index is 11.0. The third-order valence-corrected chi connectivity index (χ3v) is 2.62. The number of para-hydroxylation sites is 1. The highest BCUT2D eigenvalue weighted by atomic mass is 32.2. The summed E-state index contributed by atoms with van der Waals surface area (Å²) in [6.45, 7) is 0. The smallest absolute Gasteiger partial charge is 0.275 e. The molecule has 11 heavy (non-hydrogen) atoms. The van der Waals surface area contributed by atoms with Crippen LogP contribution < -0.4 is 9.72 Å². The fourth-order valence-corrected chi connectivity index (χ4v) is 1.82. The summed E-state index contributed by atoms with van der Waals surface area (Å²) >= 11 is 0. The Balaban J connectivity index is 2.75. The topological polar surface area (TPSA) is 55.4 Å². The number of fused-ring (bicyclic) bond motifs is 1. The first-order valence-corrected chi connectivity index (χ1v) is 4.46. The molecule has 0 bridgehead atoms. The number of benzene rings is 1. The molecule has 1 aromatic carbocycles. The van der Waals surface area contributed by atoms with Gasteiger partial charge in [-0.05, 0) is 17.0 Å². The van der Waals surface area contributed by atoms with Crippen LogP contribution in [0.15, 0.2) is 29.2 Å². The van der Waals surface area contributed by atoms with E-state index in [4.69, 9.17) is 0 Å². The van der Waals surface area contributed by atoms with Gasteiger partial charge in [-0.25, -0.2) is 8.42 Å². The molecule has 1 aliphatic heterocycles. The summed E-state index contributed by atoms with van der Waals surface area (Å²) in [4.78, 5) is 6.80. The van der Waals surface area contributed by atoms with Crippen LogP contribution >= 0.6 is 0 Å². The Kier molecular flexibility index (Phi) is 1.18. The number of hydrogen-bond donors (Lipinski definition) is 1. The zero-order valence-corrected chi connectivity index (χ0v) is 6.26. The lowest BCUT2D eigenvalue weighted by Gasteiger charge is -1.88. The van der Waals surface area contributed by atoms with E-state index in [2.05, 4.69) is 4.84 Å². The summed E-state index contributed by atoms with van der Waals surface area (Å²) in [7, 11) is -3.38. The van der Waals surface area contributed by atoms with Crippen LogP contribution in [-0.4, -0.2) is 8.42 Å². The molecule has 0 unspecified atom stereocenters. The van der Waals surface area contributed by atoms with E-state index < -0.39 is 10.0 Å². The average Bonchev–Trinajstić information content (AvgIpc) is 2.29. The largest absolute Gasteiger partial charge is 0.392 e. The van der Waals surface area contributed by atoms with Gasteiger partial charge in [0.1, 0.15) is 4.90 Å². The molecule has 1 aliphatic rings. The van der Waals surface area contributed by atoms with E-state index in [1.54, 1.807) is 18.2 Å². The minimum atomic E-state index is -3.38. The molecule has 0 fully saturated rings. The van der Waals surface area contributed by atoms with E-state index in [-0.39, 0.29) is 4.90 Å². The van der Waals surface area contributed by atoms with E-state index in [0.29, 0.717) is 5.75 Å². The van der Waals surface area contributed by atoms with Gasteiger partial charge in [0.2, 0.25) is 0 Å². The molecule has 1 heterocycles. The zero-order chi connectivity index (χ0) is 7.90. The van der Waals surface area contributed by atoms with Gasteiger partial charge >= 0.3 is 0 Å². The highest BCUT2D eigenvalue weighted by molar-refractivity contribution is 7.89. The van der Waals surface area contributed by atoms with Gasteiger partial charge in [0.15, 0.2) is 5.75 Å². The fraction of sp³-hybridized carbons (Fsp3) is 0. The summed E-state index contributed by atoms with van der Waals surface area (Å²) in [6.07, 6.45) is 0. The molecule has 0 saturated heterocycles. The first-order valence-electron chi connectivity index (χ1n) is 2.98. The predicted molar refractivity (Wildman–Crippen MR) is 37.4 cm³/mol. The van der Waals surface area contributed by atoms with E-state index >= 15 is 0 Å². The first kappa shape index (κ1) is 6.63. The molecule has 5 heteroatoms. The van der Waals surface area contributed by atoms with E-state index in [1.807, 2.05) is 4.89 Å². The normalized spacial score (nSPS) is 18.9. The Hall–Kier alpha value is -1.07. The first-order chi connectivity index (χ1) is 5.20. The van der Waals surface area contributed by atoms with Crippen LogP contribution in [0.25, 0.3) is 0 Å². The number of sulfonamides is 1. The van der Waals surface area contributed by atoms with Crippen molar-refractivity contribution in [1.82, 2.24) is 4.89 Å². The minimum Gasteiger partial charge on any atom is -0.392 e. The van der Waals surface area contributed by atoms with Gasteiger partial charge in [0.05, 0.1) is 0 Å². The molecular formula is C6H5NO3S. The number of hydrogen-bond acceptors (Lipinski definition) is 3. The lowest BCUT2D eigenvalue weighted by atomic mass is 10.3. The Morgan fingerprint density at radius 1 is 1.27 bits per heavy atom. The maximum Gasteiger partial charge on any atom is 0.275 e. The molecule has 1 aromatic rings. The van der Waals surface area contributed by atoms with Crippen LogP contribution in [0.1, 0.15) is 0 Å². The van der Waals surface area contributed by atoms with Gasteiger partial charge in [0, 0.05) is 0 Å². The second-order valence-electron chi connectivity index (χ2n) is 2.14. The third-order valence-electron chi connectivity index (χ3n) is 1.40. The van der Waals surface area contributed by atoms with Crippen molar-refractivity contribution in [3.05, 3.63) is 24.3 Å². The molecule has 0 amide bonds. The van der Waals surface area contributed by atoms with Crippen molar-refractivity contribution in [3.8, 4) is 5.75 Å². The molecule has 0 radical (unpaired) electrons. The lowest BCUT2D eigenvalue weighted by Crippen LogP contribution is -2.18. The van der Waals surface area contributed by atoms with Crippen molar-refractivity contribution in [2.45, 2.75) is 4.90 Å². The van der Waals surface area contributed by atoms with Crippen LogP contribution in [0.2, 0.25) is 0 Å². The molecule has 2 rings (SSSR count). The van der Waals surface area contributed by atoms with E-state index in [1.165, 1.54) is 6.07 Å². The highest BCUT2D eigenvalue weighted by Crippen LogP contribution is 2.26. The van der Waals surface area contributed by atoms with Crippen LogP contribution in [0.5, 0.6) is 5.75 Å². The SMILES string of the molecule is O=S1(=O)NOc2ccccc21. The molecule has 0 saturated carbocycles. The summed E-state index contributed by atoms with van der Waals surface area (Å²) in [5.74, 6) is 0.354. The van der Waals surface area contributed by atoms with Crippen LogP contribution in [0, 0.1) is 0 Å². The van der Waals surface area contributed by atoms with Gasteiger partial charge in [-0.3, -0.25) is 0 Å². The minimum absolute atomic E-state index is 0.194. The standard InChI is InChI=1S/C6H5NO3S/c8-11(9)6-4-2-1-3-5(6)10-7-11/h1-4,7H. The van der Waals surface area contributed by atoms with Crippen molar-refractivity contribution in [2.75, 3.05) is 0 Å². The Bertz CT molecular complexity index is 385. The summed E-state index contributed by atoms with van der Waals surface area (Å²) in [6, 6.07) is 6.44. The monoisotopic (exact) mass is 171 g/mol. The van der Waals surface area contributed by atoms with Crippen molar-refractivity contribution in [1.29, 1.82) is 0 Å². The third kappa shape index (κ3) is 0.892. The average molecular weight is 171 g/mol. The number of rotatable bonds is 0. The second-order valence-corrected chi connectivity index (χ2v) is 3.75. The van der Waals surface area contributed by atoms with Gasteiger partial charge in [-0.1, -0.05) is 12.1 Å². The molecule has 0 spiro atoms. The Labute approximate surface area is 63.8 Å². The number of nitrogens with one attached hydrogen (secondary N) is 1. The van der Waals surface area contributed by atoms with Crippen molar-refractivity contribution in [2.24, 2.45) is 0 Å². The fourth-order valence-electron chi connectivity index (χ4n) is 0.901. The second kappa shape index (κ2) is 1.96. The van der Waals surface area contributed by atoms with E-state index in [9.17, 15) is 8.42 Å². The lowest BCUT2D eigenvalue weighted by molar-refractivity contribution is 0.282. The quantitative estimate of drug-likeness (QED) is 0.609. The van der Waals surface area contributed by atoms with Gasteiger partial charge < -0.3 is 4.84 Å². The predicted octanol–water partition coefficient (Wildman–Crippen LogP) is 0.272. The van der Waals surface area contributed by atoms with Crippen molar-refractivity contribution >= 4 is 10.0 Å². The molecular weight excluding hydrogens is 166 g/mol. The Morgan fingerprint density at radius 2 is 2.00 bits per heavy atom. The summed E-state index contributed by atoms with van der Waals surface area (Å²) < 4.78 is 22.0. The van der Waals surface area contributed by atoms with Crippen LogP contribution in [0.3, 0.4) is 0 Å². The summed E-state index contributed by atoms with van der Waals surface area (Å²) in [5, 5.41) is 0. The van der Waals surface area contributed by atoms with Gasteiger partial charge in [-0.15, -0.1) is 0 Å². The maximum absolute atomic E-state index is 11.0. The van der Waals surface area contributed by atoms with Gasteiger partial charge in [0.25, 0.3) is 10.0 Å². The van der Waals surface area contributed by atoms with Crippen LogP contribution in [-0.2, 0) is 10.0 Å².